The second-order valence-electron chi connectivity index (χ2n) is 6.55. The molecule has 20 heavy (non-hydrogen) atoms. The van der Waals surface area contributed by atoms with Crippen molar-refractivity contribution in [2.75, 3.05) is 13.2 Å². The van der Waals surface area contributed by atoms with Crippen molar-refractivity contribution < 1.29 is 9.53 Å². The third kappa shape index (κ3) is 3.39. The standard InChI is InChI=1S/C15H25N3O2/c1-15(2,3)13-6-5-9-18(13)14(19)11-20-10-12-7-8-16-17(12)4/h7-8,13H,5-6,9-11H2,1-4H3. The molecule has 0 N–H and O–H groups in total. The van der Waals surface area contributed by atoms with Crippen molar-refractivity contribution in [1.82, 2.24) is 14.7 Å². The number of nitrogens with zero attached hydrogens (tertiary/aromatic N) is 3. The highest BCUT2D eigenvalue weighted by Gasteiger charge is 2.36. The van der Waals surface area contributed by atoms with E-state index in [0.717, 1.165) is 25.1 Å². The van der Waals surface area contributed by atoms with Crippen molar-refractivity contribution in [3.63, 3.8) is 0 Å². The zero-order chi connectivity index (χ0) is 14.8. The smallest absolute Gasteiger partial charge is 0.248 e. The molecule has 0 saturated carbocycles. The third-order valence-electron chi connectivity index (χ3n) is 3.97. The van der Waals surface area contributed by atoms with E-state index < -0.39 is 0 Å². The average Bonchev–Trinajstić information content (AvgIpc) is 2.97. The summed E-state index contributed by atoms with van der Waals surface area (Å²) in [5.74, 6) is 0.101. The number of carbonyl (C=O) groups excluding carboxylic acids is 1. The molecule has 1 aromatic heterocycles. The summed E-state index contributed by atoms with van der Waals surface area (Å²) in [5.41, 5.74) is 1.11. The van der Waals surface area contributed by atoms with Crippen molar-refractivity contribution in [3.05, 3.63) is 18.0 Å². The number of hydrogen-bond acceptors (Lipinski definition) is 3. The number of ether oxygens (including phenoxy) is 1. The Balaban J connectivity index is 1.84. The van der Waals surface area contributed by atoms with Crippen LogP contribution in [0, 0.1) is 5.41 Å². The second-order valence-corrected chi connectivity index (χ2v) is 6.55. The van der Waals surface area contributed by atoms with E-state index in [-0.39, 0.29) is 17.9 Å². The molecule has 1 amide bonds. The van der Waals surface area contributed by atoms with Crippen LogP contribution in [-0.2, 0) is 23.2 Å². The molecule has 5 nitrogen and oxygen atoms in total. The topological polar surface area (TPSA) is 47.4 Å². The van der Waals surface area contributed by atoms with E-state index in [9.17, 15) is 4.79 Å². The van der Waals surface area contributed by atoms with Gasteiger partial charge in [-0.1, -0.05) is 20.8 Å². The van der Waals surface area contributed by atoms with Crippen LogP contribution in [-0.4, -0.2) is 39.8 Å². The molecule has 1 aliphatic rings. The van der Waals surface area contributed by atoms with Crippen LogP contribution in [0.2, 0.25) is 0 Å². The van der Waals surface area contributed by atoms with E-state index in [2.05, 4.69) is 25.9 Å². The molecule has 112 valence electrons. The molecule has 0 spiro atoms. The summed E-state index contributed by atoms with van der Waals surface area (Å²) in [5, 5.41) is 4.08. The maximum atomic E-state index is 12.3. The first kappa shape index (κ1) is 15.0. The number of aromatic nitrogens is 2. The highest BCUT2D eigenvalue weighted by atomic mass is 16.5. The summed E-state index contributed by atoms with van der Waals surface area (Å²) in [6, 6.07) is 2.23. The number of likely N-dealkylation sites (tertiary alicyclic amines) is 1. The molecular weight excluding hydrogens is 254 g/mol. The van der Waals surface area contributed by atoms with Gasteiger partial charge in [0.2, 0.25) is 5.91 Å². The van der Waals surface area contributed by atoms with Crippen LogP contribution in [0.1, 0.15) is 39.3 Å². The van der Waals surface area contributed by atoms with Crippen LogP contribution < -0.4 is 0 Å². The third-order valence-corrected chi connectivity index (χ3v) is 3.97. The summed E-state index contributed by atoms with van der Waals surface area (Å²) in [7, 11) is 1.87. The minimum atomic E-state index is 0.101. The number of hydrogen-bond donors (Lipinski definition) is 0. The SMILES string of the molecule is Cn1nccc1COCC(=O)N1CCCC1C(C)(C)C. The van der Waals surface area contributed by atoms with Gasteiger partial charge in [-0.25, -0.2) is 0 Å². The van der Waals surface area contributed by atoms with Crippen molar-refractivity contribution in [3.8, 4) is 0 Å². The largest absolute Gasteiger partial charge is 0.365 e. The summed E-state index contributed by atoms with van der Waals surface area (Å²) in [6.07, 6.45) is 3.92. The minimum Gasteiger partial charge on any atom is -0.365 e. The van der Waals surface area contributed by atoms with Crippen molar-refractivity contribution in [2.45, 2.75) is 46.3 Å². The monoisotopic (exact) mass is 279 g/mol. The lowest BCUT2D eigenvalue weighted by Crippen LogP contribution is -2.44. The Morgan fingerprint density at radius 2 is 2.25 bits per heavy atom. The van der Waals surface area contributed by atoms with Crippen LogP contribution in [0.3, 0.4) is 0 Å². The molecule has 1 saturated heterocycles. The predicted molar refractivity (Wildman–Crippen MR) is 77.1 cm³/mol. The highest BCUT2D eigenvalue weighted by Crippen LogP contribution is 2.32. The molecule has 0 aromatic carbocycles. The van der Waals surface area contributed by atoms with E-state index >= 15 is 0 Å². The van der Waals surface area contributed by atoms with Crippen molar-refractivity contribution in [2.24, 2.45) is 12.5 Å². The van der Waals surface area contributed by atoms with Gasteiger partial charge in [-0.2, -0.15) is 5.10 Å². The van der Waals surface area contributed by atoms with Crippen LogP contribution in [0.25, 0.3) is 0 Å². The lowest BCUT2D eigenvalue weighted by molar-refractivity contribution is -0.139. The zero-order valence-corrected chi connectivity index (χ0v) is 12.9. The van der Waals surface area contributed by atoms with Crippen LogP contribution in [0.4, 0.5) is 0 Å². The number of aryl methyl sites for hydroxylation is 1. The molecule has 1 atom stereocenters. The van der Waals surface area contributed by atoms with E-state index in [1.54, 1.807) is 10.9 Å². The lowest BCUT2D eigenvalue weighted by atomic mass is 9.85. The first-order chi connectivity index (χ1) is 9.39. The van der Waals surface area contributed by atoms with Gasteiger partial charge in [0.1, 0.15) is 6.61 Å². The minimum absolute atomic E-state index is 0.101. The normalized spacial score (nSPS) is 19.6. The predicted octanol–water partition coefficient (Wildman–Crippen LogP) is 1.97. The maximum absolute atomic E-state index is 12.3. The lowest BCUT2D eigenvalue weighted by Gasteiger charge is -2.35. The van der Waals surface area contributed by atoms with Gasteiger partial charge in [-0.3, -0.25) is 9.48 Å². The molecule has 1 fully saturated rings. The van der Waals surface area contributed by atoms with Crippen LogP contribution in [0.5, 0.6) is 0 Å². The Bertz CT molecular complexity index is 462. The first-order valence-electron chi connectivity index (χ1n) is 7.23. The summed E-state index contributed by atoms with van der Waals surface area (Å²) in [4.78, 5) is 14.3. The molecule has 1 aromatic rings. The van der Waals surface area contributed by atoms with E-state index in [4.69, 9.17) is 4.74 Å². The second kappa shape index (κ2) is 5.95. The quantitative estimate of drug-likeness (QED) is 0.846. The molecule has 0 radical (unpaired) electrons. The van der Waals surface area contributed by atoms with Gasteiger partial charge in [-0.15, -0.1) is 0 Å². The van der Waals surface area contributed by atoms with Gasteiger partial charge in [0.25, 0.3) is 0 Å². The summed E-state index contributed by atoms with van der Waals surface area (Å²) >= 11 is 0. The van der Waals surface area contributed by atoms with Gasteiger partial charge in [0.05, 0.1) is 12.3 Å². The van der Waals surface area contributed by atoms with Crippen molar-refractivity contribution >= 4 is 5.91 Å². The van der Waals surface area contributed by atoms with Gasteiger partial charge in [0, 0.05) is 25.8 Å². The molecular formula is C15H25N3O2. The number of rotatable bonds is 4. The Morgan fingerprint density at radius 1 is 1.50 bits per heavy atom. The molecule has 0 bridgehead atoms. The fraction of sp³-hybridized carbons (Fsp3) is 0.733. The molecule has 2 heterocycles. The summed E-state index contributed by atoms with van der Waals surface area (Å²) < 4.78 is 7.30. The van der Waals surface area contributed by atoms with Gasteiger partial charge in [0.15, 0.2) is 0 Å². The van der Waals surface area contributed by atoms with E-state index in [1.807, 2.05) is 18.0 Å². The van der Waals surface area contributed by atoms with Gasteiger partial charge in [-0.05, 0) is 24.3 Å². The molecule has 1 unspecified atom stereocenters. The fourth-order valence-electron chi connectivity index (χ4n) is 2.83. The maximum Gasteiger partial charge on any atom is 0.248 e. The van der Waals surface area contributed by atoms with Gasteiger partial charge >= 0.3 is 0 Å². The van der Waals surface area contributed by atoms with Crippen LogP contribution in [0.15, 0.2) is 12.3 Å². The highest BCUT2D eigenvalue weighted by molar-refractivity contribution is 5.78. The molecule has 1 aliphatic heterocycles. The zero-order valence-electron chi connectivity index (χ0n) is 12.9. The van der Waals surface area contributed by atoms with E-state index in [1.165, 1.54) is 0 Å². The first-order valence-corrected chi connectivity index (χ1v) is 7.23. The van der Waals surface area contributed by atoms with Gasteiger partial charge < -0.3 is 9.64 Å². The Hall–Kier alpha value is -1.36. The molecule has 5 heteroatoms. The Morgan fingerprint density at radius 3 is 2.85 bits per heavy atom. The fourth-order valence-corrected chi connectivity index (χ4v) is 2.83. The summed E-state index contributed by atoms with van der Waals surface area (Å²) in [6.45, 7) is 8.02. The average molecular weight is 279 g/mol. The van der Waals surface area contributed by atoms with Crippen LogP contribution >= 0.6 is 0 Å². The number of carbonyl (C=O) groups is 1. The Labute approximate surface area is 120 Å². The van der Waals surface area contributed by atoms with E-state index in [0.29, 0.717) is 12.6 Å². The Kier molecular flexibility index (Phi) is 4.48. The molecule has 2 rings (SSSR count). The molecule has 0 aliphatic carbocycles. The van der Waals surface area contributed by atoms with Crippen molar-refractivity contribution in [1.29, 1.82) is 0 Å². The number of amides is 1.